The summed E-state index contributed by atoms with van der Waals surface area (Å²) in [4.78, 5) is 10.3. The molecule has 4 atom stereocenters. The number of carbonyl (C=O) groups is 1. The van der Waals surface area contributed by atoms with Crippen molar-refractivity contribution in [2.75, 3.05) is 0 Å². The van der Waals surface area contributed by atoms with Crippen molar-refractivity contribution in [2.24, 2.45) is 0 Å². The average Bonchev–Trinajstić information content (AvgIpc) is 2.54. The molecule has 2 aliphatic heterocycles. The Morgan fingerprint density at radius 1 is 1.36 bits per heavy atom. The molecule has 2 fully saturated rings. The minimum Gasteiger partial charge on any atom is -0.421 e. The van der Waals surface area contributed by atoms with Gasteiger partial charge >= 0.3 is 11.8 Å². The van der Waals surface area contributed by atoms with Gasteiger partial charge in [0.25, 0.3) is 6.36 Å². The summed E-state index contributed by atoms with van der Waals surface area (Å²) < 4.78 is 45.1. The number of halogens is 3. The molecule has 6 heteroatoms. The van der Waals surface area contributed by atoms with Crippen molar-refractivity contribution < 1.29 is 27.4 Å². The fraction of sp³-hybridized carbons (Fsp3) is 0.800. The highest BCUT2D eigenvalue weighted by atomic mass is 19.2. The topological polar surface area (TPSA) is 38.8 Å². The molecule has 0 bridgehead atoms. The molecular formula is C5H3F3O3. The Morgan fingerprint density at radius 2 is 1.91 bits per heavy atom. The molecule has 0 saturated carbocycles. The highest BCUT2D eigenvalue weighted by molar-refractivity contribution is 5.79. The Balaban J connectivity index is 2.23. The first-order chi connectivity index (χ1) is 5.08. The Kier molecular flexibility index (Phi) is 1.06. The van der Waals surface area contributed by atoms with Crippen molar-refractivity contribution in [3.63, 3.8) is 0 Å². The maximum absolute atomic E-state index is 12.6. The molecule has 0 aromatic carbocycles. The second-order valence-corrected chi connectivity index (χ2v) is 2.38. The molecule has 3 nitrogen and oxygen atoms in total. The van der Waals surface area contributed by atoms with Crippen molar-refractivity contribution in [3.8, 4) is 0 Å². The lowest BCUT2D eigenvalue weighted by atomic mass is 10.2. The predicted molar refractivity (Wildman–Crippen MR) is 24.6 cm³/mol. The Bertz CT molecular complexity index is 221. The van der Waals surface area contributed by atoms with Crippen LogP contribution < -0.4 is 0 Å². The number of ether oxygens (including phenoxy) is 2. The third-order valence-electron chi connectivity index (χ3n) is 1.67. The van der Waals surface area contributed by atoms with Crippen LogP contribution in [-0.2, 0) is 14.3 Å². The first-order valence-electron chi connectivity index (χ1n) is 2.91. The molecule has 0 aliphatic carbocycles. The van der Waals surface area contributed by atoms with Gasteiger partial charge in [0.1, 0.15) is 0 Å². The SMILES string of the molecule is O=C1OC2(OC2F)C(F)C1F. The van der Waals surface area contributed by atoms with Crippen molar-refractivity contribution >= 4 is 5.97 Å². The Morgan fingerprint density at radius 3 is 2.09 bits per heavy atom. The second kappa shape index (κ2) is 1.69. The van der Waals surface area contributed by atoms with E-state index in [1.807, 2.05) is 0 Å². The van der Waals surface area contributed by atoms with Gasteiger partial charge in [-0.3, -0.25) is 4.74 Å². The molecule has 0 aromatic rings. The first kappa shape index (κ1) is 6.90. The molecule has 0 aromatic heterocycles. The van der Waals surface area contributed by atoms with Crippen LogP contribution in [0.2, 0.25) is 0 Å². The molecule has 62 valence electrons. The van der Waals surface area contributed by atoms with Crippen LogP contribution in [0.5, 0.6) is 0 Å². The van der Waals surface area contributed by atoms with Crippen molar-refractivity contribution in [1.82, 2.24) is 0 Å². The van der Waals surface area contributed by atoms with E-state index in [1.165, 1.54) is 0 Å². The highest BCUT2D eigenvalue weighted by Crippen LogP contribution is 2.49. The number of carbonyl (C=O) groups excluding carboxylic acids is 1. The smallest absolute Gasteiger partial charge is 0.346 e. The van der Waals surface area contributed by atoms with Gasteiger partial charge < -0.3 is 4.74 Å². The maximum Gasteiger partial charge on any atom is 0.346 e. The van der Waals surface area contributed by atoms with E-state index in [4.69, 9.17) is 0 Å². The highest BCUT2D eigenvalue weighted by Gasteiger charge is 2.75. The lowest BCUT2D eigenvalue weighted by molar-refractivity contribution is -0.151. The van der Waals surface area contributed by atoms with Crippen molar-refractivity contribution in [3.05, 3.63) is 0 Å². The largest absolute Gasteiger partial charge is 0.421 e. The summed E-state index contributed by atoms with van der Waals surface area (Å²) in [6.07, 6.45) is -6.79. The van der Waals surface area contributed by atoms with E-state index in [2.05, 4.69) is 9.47 Å². The van der Waals surface area contributed by atoms with Crippen molar-refractivity contribution in [2.45, 2.75) is 24.5 Å². The van der Waals surface area contributed by atoms with Crippen LogP contribution in [0, 0.1) is 0 Å². The minimum atomic E-state index is -2.42. The van der Waals surface area contributed by atoms with E-state index >= 15 is 0 Å². The maximum atomic E-state index is 12.6. The third-order valence-corrected chi connectivity index (χ3v) is 1.67. The quantitative estimate of drug-likeness (QED) is 0.384. The number of rotatable bonds is 0. The summed E-state index contributed by atoms with van der Waals surface area (Å²) in [5.74, 6) is -3.66. The standard InChI is InChI=1S/C5H3F3O3/c6-1-2(7)5(4(8)11-5)10-3(1)9/h1-2,4H. The zero-order valence-corrected chi connectivity index (χ0v) is 5.09. The number of alkyl halides is 3. The van der Waals surface area contributed by atoms with E-state index in [0.29, 0.717) is 0 Å². The van der Waals surface area contributed by atoms with Gasteiger partial charge in [0.15, 0.2) is 0 Å². The Hall–Kier alpha value is -0.780. The predicted octanol–water partition coefficient (Wildman–Crippen LogP) is 0.242. The molecular weight excluding hydrogens is 165 g/mol. The van der Waals surface area contributed by atoms with E-state index in [9.17, 15) is 18.0 Å². The molecule has 2 heterocycles. The van der Waals surface area contributed by atoms with Gasteiger partial charge in [-0.05, 0) is 0 Å². The van der Waals surface area contributed by atoms with Gasteiger partial charge in [-0.15, -0.1) is 0 Å². The average molecular weight is 168 g/mol. The monoisotopic (exact) mass is 168 g/mol. The van der Waals surface area contributed by atoms with E-state index in [-0.39, 0.29) is 0 Å². The van der Waals surface area contributed by atoms with Gasteiger partial charge in [0.05, 0.1) is 0 Å². The lowest BCUT2D eigenvalue weighted by Crippen LogP contribution is -2.27. The molecule has 1 spiro atoms. The molecule has 11 heavy (non-hydrogen) atoms. The van der Waals surface area contributed by atoms with Crippen LogP contribution in [-0.4, -0.2) is 30.5 Å². The zero-order valence-electron chi connectivity index (χ0n) is 5.09. The zero-order chi connectivity index (χ0) is 8.22. The summed E-state index contributed by atoms with van der Waals surface area (Å²) in [7, 11) is 0. The normalized spacial score (nSPS) is 54.8. The third kappa shape index (κ3) is 0.649. The van der Waals surface area contributed by atoms with E-state index in [0.717, 1.165) is 0 Å². The van der Waals surface area contributed by atoms with E-state index in [1.54, 1.807) is 0 Å². The fourth-order valence-corrected chi connectivity index (χ4v) is 0.982. The van der Waals surface area contributed by atoms with E-state index < -0.39 is 30.5 Å². The molecule has 0 amide bonds. The molecule has 0 N–H and O–H groups in total. The minimum absolute atomic E-state index is 1.40. The fourth-order valence-electron chi connectivity index (χ4n) is 0.982. The van der Waals surface area contributed by atoms with Gasteiger partial charge in [0.2, 0.25) is 12.3 Å². The first-order valence-corrected chi connectivity index (χ1v) is 2.91. The van der Waals surface area contributed by atoms with Crippen LogP contribution in [0.3, 0.4) is 0 Å². The van der Waals surface area contributed by atoms with Crippen LogP contribution in [0.25, 0.3) is 0 Å². The lowest BCUT2D eigenvalue weighted by Gasteiger charge is -2.01. The van der Waals surface area contributed by atoms with Crippen LogP contribution >= 0.6 is 0 Å². The number of hydrogen-bond acceptors (Lipinski definition) is 3. The van der Waals surface area contributed by atoms with Gasteiger partial charge in [-0.1, -0.05) is 0 Å². The van der Waals surface area contributed by atoms with Gasteiger partial charge in [-0.2, -0.15) is 0 Å². The van der Waals surface area contributed by atoms with Crippen molar-refractivity contribution in [1.29, 1.82) is 0 Å². The summed E-state index contributed by atoms with van der Waals surface area (Å²) in [5.41, 5.74) is 0. The molecule has 4 unspecified atom stereocenters. The number of hydrogen-bond donors (Lipinski definition) is 0. The van der Waals surface area contributed by atoms with Gasteiger partial charge in [-0.25, -0.2) is 18.0 Å². The van der Waals surface area contributed by atoms with Gasteiger partial charge in [0, 0.05) is 0 Å². The molecule has 0 radical (unpaired) electrons. The van der Waals surface area contributed by atoms with Crippen LogP contribution in [0.15, 0.2) is 0 Å². The molecule has 2 saturated heterocycles. The Labute approximate surface area is 59.1 Å². The summed E-state index contributed by atoms with van der Waals surface area (Å²) in [6, 6.07) is 0. The summed E-state index contributed by atoms with van der Waals surface area (Å²) in [6.45, 7) is 0. The van der Waals surface area contributed by atoms with Crippen LogP contribution in [0.1, 0.15) is 0 Å². The summed E-state index contributed by atoms with van der Waals surface area (Å²) >= 11 is 0. The number of epoxide rings is 1. The van der Waals surface area contributed by atoms with Crippen LogP contribution in [0.4, 0.5) is 13.2 Å². The summed E-state index contributed by atoms with van der Waals surface area (Å²) in [5, 5.41) is 0. The molecule has 2 rings (SSSR count). The second-order valence-electron chi connectivity index (χ2n) is 2.38. The molecule has 2 aliphatic rings. The number of esters is 1.